The van der Waals surface area contributed by atoms with Gasteiger partial charge in [-0.2, -0.15) is 4.31 Å². The number of amides is 2. The lowest BCUT2D eigenvalue weighted by molar-refractivity contribution is -0.148. The van der Waals surface area contributed by atoms with Crippen molar-refractivity contribution in [2.75, 3.05) is 18.6 Å². The minimum absolute atomic E-state index is 0.0130. The Balaban J connectivity index is 2.17. The van der Waals surface area contributed by atoms with Gasteiger partial charge in [0, 0.05) is 6.54 Å². The van der Waals surface area contributed by atoms with Crippen LogP contribution >= 0.6 is 34.8 Å². The fraction of sp³-hybridized carbons (Fsp3) is 0.222. The SMILES string of the molecule is COC(=O)C1CCN1S(=O)(=O)c1c(Cl)ccc(N(C(N)=O)c2cccc(Cl)c2Cl)c1O. The van der Waals surface area contributed by atoms with Gasteiger partial charge in [-0.05, 0) is 30.7 Å². The summed E-state index contributed by atoms with van der Waals surface area (Å²) in [6.07, 6.45) is 0.246. The van der Waals surface area contributed by atoms with Crippen LogP contribution in [0.3, 0.4) is 0 Å². The number of phenols is 1. The molecule has 9 nitrogen and oxygen atoms in total. The zero-order chi connectivity index (χ0) is 23.1. The Morgan fingerprint density at radius 2 is 1.84 bits per heavy atom. The smallest absolute Gasteiger partial charge is 0.324 e. The number of esters is 1. The molecule has 3 rings (SSSR count). The number of benzene rings is 2. The normalized spacial score (nSPS) is 16.5. The fourth-order valence-corrected chi connectivity index (χ4v) is 5.73. The van der Waals surface area contributed by atoms with Crippen LogP contribution < -0.4 is 10.6 Å². The number of nitrogens with two attached hydrogens (primary N) is 1. The van der Waals surface area contributed by atoms with Crippen molar-refractivity contribution in [1.29, 1.82) is 0 Å². The third-order valence-electron chi connectivity index (χ3n) is 4.71. The number of hydrogen-bond acceptors (Lipinski definition) is 6. The predicted octanol–water partition coefficient (Wildman–Crippen LogP) is 3.51. The summed E-state index contributed by atoms with van der Waals surface area (Å²) < 4.78 is 31.8. The number of anilines is 2. The average molecular weight is 509 g/mol. The molecule has 31 heavy (non-hydrogen) atoms. The van der Waals surface area contributed by atoms with Gasteiger partial charge in [0.05, 0.1) is 33.6 Å². The Bertz CT molecular complexity index is 1170. The topological polar surface area (TPSA) is 130 Å². The lowest BCUT2D eigenvalue weighted by Gasteiger charge is -2.37. The van der Waals surface area contributed by atoms with Gasteiger partial charge in [0.2, 0.25) is 10.0 Å². The maximum atomic E-state index is 13.2. The number of aromatic hydroxyl groups is 1. The van der Waals surface area contributed by atoms with E-state index in [-0.39, 0.29) is 39.4 Å². The number of carbonyl (C=O) groups excluding carboxylic acids is 2. The van der Waals surface area contributed by atoms with Crippen molar-refractivity contribution < 1.29 is 27.9 Å². The van der Waals surface area contributed by atoms with E-state index in [4.69, 9.17) is 40.5 Å². The van der Waals surface area contributed by atoms with Crippen molar-refractivity contribution >= 4 is 68.2 Å². The largest absolute Gasteiger partial charge is 0.504 e. The van der Waals surface area contributed by atoms with Crippen LogP contribution in [0.4, 0.5) is 16.2 Å². The summed E-state index contributed by atoms with van der Waals surface area (Å²) in [5.41, 5.74) is 5.20. The summed E-state index contributed by atoms with van der Waals surface area (Å²) in [5.74, 6) is -1.59. The van der Waals surface area contributed by atoms with E-state index in [0.717, 1.165) is 16.3 Å². The van der Waals surface area contributed by atoms with E-state index in [1.165, 1.54) is 30.3 Å². The summed E-state index contributed by atoms with van der Waals surface area (Å²) in [5, 5.41) is 10.6. The summed E-state index contributed by atoms with van der Waals surface area (Å²) in [6, 6.07) is 4.62. The number of urea groups is 1. The minimum atomic E-state index is -4.44. The fourth-order valence-electron chi connectivity index (χ4n) is 3.13. The van der Waals surface area contributed by atoms with Gasteiger partial charge in [0.1, 0.15) is 10.9 Å². The Labute approximate surface area is 192 Å². The number of nitrogens with zero attached hydrogens (tertiary/aromatic N) is 2. The van der Waals surface area contributed by atoms with Crippen molar-refractivity contribution in [3.05, 3.63) is 45.4 Å². The summed E-state index contributed by atoms with van der Waals surface area (Å²) in [4.78, 5) is 24.2. The molecule has 2 aromatic carbocycles. The van der Waals surface area contributed by atoms with Gasteiger partial charge in [-0.1, -0.05) is 40.9 Å². The van der Waals surface area contributed by atoms with E-state index < -0.39 is 38.7 Å². The summed E-state index contributed by atoms with van der Waals surface area (Å²) in [7, 11) is -3.30. The number of ether oxygens (including phenoxy) is 1. The molecule has 2 amide bonds. The van der Waals surface area contributed by atoms with Crippen LogP contribution in [-0.4, -0.2) is 49.5 Å². The van der Waals surface area contributed by atoms with E-state index in [1.807, 2.05) is 0 Å². The third kappa shape index (κ3) is 4.01. The van der Waals surface area contributed by atoms with Crippen LogP contribution in [0.15, 0.2) is 35.2 Å². The van der Waals surface area contributed by atoms with Gasteiger partial charge in [0.25, 0.3) is 0 Å². The first-order valence-corrected chi connectivity index (χ1v) is 11.2. The first-order chi connectivity index (χ1) is 14.5. The summed E-state index contributed by atoms with van der Waals surface area (Å²) >= 11 is 18.3. The lowest BCUT2D eigenvalue weighted by Crippen LogP contribution is -2.55. The molecule has 1 aliphatic rings. The molecule has 0 bridgehead atoms. The van der Waals surface area contributed by atoms with Crippen LogP contribution in [-0.2, 0) is 19.6 Å². The molecule has 1 aliphatic heterocycles. The molecule has 1 atom stereocenters. The monoisotopic (exact) mass is 507 g/mol. The van der Waals surface area contributed by atoms with Gasteiger partial charge in [0.15, 0.2) is 5.75 Å². The number of carbonyl (C=O) groups is 2. The van der Waals surface area contributed by atoms with Gasteiger partial charge in [-0.3, -0.25) is 9.69 Å². The zero-order valence-electron chi connectivity index (χ0n) is 15.9. The van der Waals surface area contributed by atoms with Crippen molar-refractivity contribution in [3.8, 4) is 5.75 Å². The molecule has 0 spiro atoms. The molecule has 0 saturated carbocycles. The second kappa shape index (κ2) is 8.71. The van der Waals surface area contributed by atoms with E-state index in [9.17, 15) is 23.1 Å². The highest BCUT2D eigenvalue weighted by atomic mass is 35.5. The van der Waals surface area contributed by atoms with Crippen LogP contribution in [0.2, 0.25) is 15.1 Å². The first kappa shape index (κ1) is 23.4. The lowest BCUT2D eigenvalue weighted by atomic mass is 10.1. The molecule has 3 N–H and O–H groups in total. The van der Waals surface area contributed by atoms with Crippen LogP contribution in [0, 0.1) is 0 Å². The molecule has 1 fully saturated rings. The van der Waals surface area contributed by atoms with E-state index in [0.29, 0.717) is 0 Å². The highest BCUT2D eigenvalue weighted by Crippen LogP contribution is 2.45. The molecule has 0 aliphatic carbocycles. The van der Waals surface area contributed by atoms with Gasteiger partial charge < -0.3 is 15.6 Å². The van der Waals surface area contributed by atoms with Crippen molar-refractivity contribution in [3.63, 3.8) is 0 Å². The molecular formula is C18H16Cl3N3O6S. The van der Waals surface area contributed by atoms with E-state index >= 15 is 0 Å². The zero-order valence-corrected chi connectivity index (χ0v) is 19.0. The summed E-state index contributed by atoms with van der Waals surface area (Å²) in [6.45, 7) is 0.0156. The average Bonchev–Trinajstić information content (AvgIpc) is 2.65. The number of methoxy groups -OCH3 is 1. The Kier molecular flexibility index (Phi) is 6.59. The van der Waals surface area contributed by atoms with Crippen LogP contribution in [0.5, 0.6) is 5.75 Å². The Morgan fingerprint density at radius 1 is 1.16 bits per heavy atom. The molecule has 1 unspecified atom stereocenters. The minimum Gasteiger partial charge on any atom is -0.504 e. The molecule has 13 heteroatoms. The van der Waals surface area contributed by atoms with Crippen LogP contribution in [0.1, 0.15) is 6.42 Å². The highest BCUT2D eigenvalue weighted by Gasteiger charge is 2.45. The predicted molar refractivity (Wildman–Crippen MR) is 116 cm³/mol. The van der Waals surface area contributed by atoms with Gasteiger partial charge in [-0.15, -0.1) is 0 Å². The molecular weight excluding hydrogens is 493 g/mol. The number of sulfonamides is 1. The Hall–Kier alpha value is -2.24. The second-order valence-electron chi connectivity index (χ2n) is 6.43. The highest BCUT2D eigenvalue weighted by molar-refractivity contribution is 7.89. The van der Waals surface area contributed by atoms with E-state index in [1.54, 1.807) is 0 Å². The number of hydrogen-bond donors (Lipinski definition) is 2. The molecule has 166 valence electrons. The number of primary amides is 1. The third-order valence-corrected chi connectivity index (χ3v) is 7.93. The van der Waals surface area contributed by atoms with Crippen molar-refractivity contribution in [2.45, 2.75) is 17.4 Å². The number of rotatable bonds is 5. The molecule has 1 heterocycles. The molecule has 0 aromatic heterocycles. The first-order valence-electron chi connectivity index (χ1n) is 8.67. The van der Waals surface area contributed by atoms with Crippen molar-refractivity contribution in [1.82, 2.24) is 4.31 Å². The quantitative estimate of drug-likeness (QED) is 0.594. The van der Waals surface area contributed by atoms with Gasteiger partial charge >= 0.3 is 12.0 Å². The molecule has 0 radical (unpaired) electrons. The van der Waals surface area contributed by atoms with Crippen molar-refractivity contribution in [2.24, 2.45) is 5.73 Å². The standard InChI is InChI=1S/C18H16Cl3N3O6S/c1-30-17(26)13-7-8-23(13)31(28,29)16-10(20)5-6-12(15(16)25)24(18(22)27)11-4-2-3-9(19)14(11)21/h2-6,13,25H,7-8H2,1H3,(H2,22,27). The van der Waals surface area contributed by atoms with Crippen LogP contribution in [0.25, 0.3) is 0 Å². The maximum absolute atomic E-state index is 13.2. The number of phenolic OH excluding ortho intramolecular Hbond substituents is 1. The molecule has 1 saturated heterocycles. The second-order valence-corrected chi connectivity index (χ2v) is 9.45. The van der Waals surface area contributed by atoms with E-state index in [2.05, 4.69) is 4.74 Å². The number of halogens is 3. The van der Waals surface area contributed by atoms with Gasteiger partial charge in [-0.25, -0.2) is 13.2 Å². The molecule has 2 aromatic rings. The maximum Gasteiger partial charge on any atom is 0.324 e. The Morgan fingerprint density at radius 3 is 2.39 bits per heavy atom.